The molecule has 0 amide bonds. The number of anilines is 3. The van der Waals surface area contributed by atoms with E-state index in [9.17, 15) is 0 Å². The van der Waals surface area contributed by atoms with Crippen molar-refractivity contribution in [1.82, 2.24) is 9.97 Å². The van der Waals surface area contributed by atoms with E-state index in [-0.39, 0.29) is 5.95 Å². The third kappa shape index (κ3) is 2.60. The van der Waals surface area contributed by atoms with Crippen LogP contribution in [0.25, 0.3) is 0 Å². The van der Waals surface area contributed by atoms with E-state index in [4.69, 9.17) is 11.5 Å². The number of nitrogens with one attached hydrogen (secondary N) is 1. The van der Waals surface area contributed by atoms with Crippen LogP contribution in [0.3, 0.4) is 0 Å². The maximum absolute atomic E-state index is 5.56. The van der Waals surface area contributed by atoms with E-state index >= 15 is 0 Å². The molecule has 0 aliphatic heterocycles. The lowest BCUT2D eigenvalue weighted by molar-refractivity contribution is 1.11. The van der Waals surface area contributed by atoms with Gasteiger partial charge in [0.15, 0.2) is 0 Å². The smallest absolute Gasteiger partial charge is 0.223 e. The maximum atomic E-state index is 5.56. The number of rotatable bonds is 3. The predicted octanol–water partition coefficient (Wildman–Crippen LogP) is 1.62. The minimum Gasteiger partial charge on any atom is -0.383 e. The Morgan fingerprint density at radius 2 is 2.12 bits per heavy atom. The Bertz CT molecular complexity index is 473. The van der Waals surface area contributed by atoms with Crippen molar-refractivity contribution in [2.75, 3.05) is 16.8 Å². The summed E-state index contributed by atoms with van der Waals surface area (Å²) in [5, 5.41) is 3.16. The minimum absolute atomic E-state index is 0.185. The summed E-state index contributed by atoms with van der Waals surface area (Å²) in [4.78, 5) is 10.4. The van der Waals surface area contributed by atoms with E-state index in [1.807, 2.05) is 0 Å². The highest BCUT2D eigenvalue weighted by Crippen LogP contribution is 2.17. The first-order valence-corrected chi connectivity index (χ1v) is 5.64. The van der Waals surface area contributed by atoms with E-state index in [1.165, 1.54) is 9.75 Å². The van der Waals surface area contributed by atoms with Crippen molar-refractivity contribution in [3.05, 3.63) is 28.0 Å². The molecule has 5 nitrogen and oxygen atoms in total. The lowest BCUT2D eigenvalue weighted by Crippen LogP contribution is -2.05. The molecular weight excluding hydrogens is 222 g/mol. The molecule has 16 heavy (non-hydrogen) atoms. The summed E-state index contributed by atoms with van der Waals surface area (Å²) in [6, 6.07) is 5.84. The topological polar surface area (TPSA) is 89.8 Å². The summed E-state index contributed by atoms with van der Waals surface area (Å²) >= 11 is 1.75. The Kier molecular flexibility index (Phi) is 2.91. The molecule has 0 fully saturated rings. The van der Waals surface area contributed by atoms with Gasteiger partial charge in [-0.25, -0.2) is 0 Å². The van der Waals surface area contributed by atoms with Crippen molar-refractivity contribution in [2.24, 2.45) is 0 Å². The molecule has 0 atom stereocenters. The van der Waals surface area contributed by atoms with Gasteiger partial charge in [-0.15, -0.1) is 11.3 Å². The fourth-order valence-corrected chi connectivity index (χ4v) is 2.16. The molecule has 6 heteroatoms. The van der Waals surface area contributed by atoms with Gasteiger partial charge in [0.1, 0.15) is 11.6 Å². The zero-order valence-corrected chi connectivity index (χ0v) is 9.71. The molecular formula is C10H13N5S. The van der Waals surface area contributed by atoms with E-state index in [0.29, 0.717) is 18.2 Å². The average Bonchev–Trinajstić information content (AvgIpc) is 2.60. The van der Waals surface area contributed by atoms with Crippen molar-refractivity contribution in [3.8, 4) is 0 Å². The molecule has 0 aliphatic rings. The molecule has 5 N–H and O–H groups in total. The van der Waals surface area contributed by atoms with Crippen LogP contribution in [0, 0.1) is 6.92 Å². The Morgan fingerprint density at radius 1 is 1.31 bits per heavy atom. The monoisotopic (exact) mass is 235 g/mol. The van der Waals surface area contributed by atoms with Crippen molar-refractivity contribution >= 4 is 28.9 Å². The molecule has 2 aromatic heterocycles. The van der Waals surface area contributed by atoms with E-state index in [2.05, 4.69) is 34.3 Å². The number of aromatic nitrogens is 2. The number of nitrogens with zero attached hydrogens (tertiary/aromatic N) is 2. The van der Waals surface area contributed by atoms with Gasteiger partial charge in [0.05, 0.1) is 6.54 Å². The van der Waals surface area contributed by atoms with Gasteiger partial charge < -0.3 is 16.8 Å². The summed E-state index contributed by atoms with van der Waals surface area (Å²) in [5.41, 5.74) is 11.1. The SMILES string of the molecule is Cc1ccc(CNc2cc(N)nc(N)n2)s1. The molecule has 0 radical (unpaired) electrons. The van der Waals surface area contributed by atoms with Gasteiger partial charge in [0.2, 0.25) is 5.95 Å². The Morgan fingerprint density at radius 3 is 2.75 bits per heavy atom. The fraction of sp³-hybridized carbons (Fsp3) is 0.200. The highest BCUT2D eigenvalue weighted by atomic mass is 32.1. The molecule has 2 rings (SSSR count). The largest absolute Gasteiger partial charge is 0.383 e. The molecule has 0 saturated carbocycles. The van der Waals surface area contributed by atoms with Gasteiger partial charge in [-0.1, -0.05) is 0 Å². The third-order valence-electron chi connectivity index (χ3n) is 2.00. The van der Waals surface area contributed by atoms with Gasteiger partial charge in [0, 0.05) is 15.8 Å². The van der Waals surface area contributed by atoms with Gasteiger partial charge in [0.25, 0.3) is 0 Å². The van der Waals surface area contributed by atoms with Crippen LogP contribution in [0.4, 0.5) is 17.6 Å². The van der Waals surface area contributed by atoms with Crippen LogP contribution in [0.2, 0.25) is 0 Å². The number of hydrogen-bond acceptors (Lipinski definition) is 6. The fourth-order valence-electron chi connectivity index (χ4n) is 1.33. The zero-order valence-electron chi connectivity index (χ0n) is 8.90. The van der Waals surface area contributed by atoms with E-state index in [0.717, 1.165) is 0 Å². The lowest BCUT2D eigenvalue weighted by Gasteiger charge is -2.05. The Labute approximate surface area is 97.5 Å². The molecule has 0 aromatic carbocycles. The van der Waals surface area contributed by atoms with Crippen LogP contribution in [0.15, 0.2) is 18.2 Å². The average molecular weight is 235 g/mol. The van der Waals surface area contributed by atoms with Crippen molar-refractivity contribution in [1.29, 1.82) is 0 Å². The summed E-state index contributed by atoms with van der Waals surface area (Å²) in [6.07, 6.45) is 0. The summed E-state index contributed by atoms with van der Waals surface area (Å²) < 4.78 is 0. The van der Waals surface area contributed by atoms with Crippen LogP contribution in [-0.2, 0) is 6.54 Å². The van der Waals surface area contributed by atoms with E-state index in [1.54, 1.807) is 17.4 Å². The third-order valence-corrected chi connectivity index (χ3v) is 3.00. The molecule has 84 valence electrons. The normalized spacial score (nSPS) is 10.3. The van der Waals surface area contributed by atoms with E-state index < -0.39 is 0 Å². The second-order valence-corrected chi connectivity index (χ2v) is 4.77. The maximum Gasteiger partial charge on any atom is 0.223 e. The molecule has 2 aromatic rings. The number of thiophene rings is 1. The van der Waals surface area contributed by atoms with Gasteiger partial charge in [-0.3, -0.25) is 0 Å². The van der Waals surface area contributed by atoms with Crippen molar-refractivity contribution in [2.45, 2.75) is 13.5 Å². The first kappa shape index (κ1) is 10.7. The highest BCUT2D eigenvalue weighted by Gasteiger charge is 2.00. The predicted molar refractivity (Wildman–Crippen MR) is 67.2 cm³/mol. The van der Waals surface area contributed by atoms with Gasteiger partial charge in [-0.05, 0) is 19.1 Å². The summed E-state index contributed by atoms with van der Waals surface area (Å²) in [5.74, 6) is 1.21. The minimum atomic E-state index is 0.185. The molecule has 0 bridgehead atoms. The Hall–Kier alpha value is -1.82. The molecule has 0 unspecified atom stereocenters. The Balaban J connectivity index is 2.04. The number of nitrogen functional groups attached to an aromatic ring is 2. The molecule has 0 aliphatic carbocycles. The molecule has 0 spiro atoms. The number of hydrogen-bond donors (Lipinski definition) is 3. The second kappa shape index (κ2) is 4.36. The zero-order chi connectivity index (χ0) is 11.5. The van der Waals surface area contributed by atoms with Crippen molar-refractivity contribution in [3.63, 3.8) is 0 Å². The first-order chi connectivity index (χ1) is 7.63. The standard InChI is InChI=1S/C10H13N5S/c1-6-2-3-7(16-6)5-13-9-4-8(11)14-10(12)15-9/h2-4H,5H2,1H3,(H5,11,12,13,14,15). The van der Waals surface area contributed by atoms with Gasteiger partial charge in [-0.2, -0.15) is 9.97 Å². The lowest BCUT2D eigenvalue weighted by atomic mass is 10.4. The van der Waals surface area contributed by atoms with Crippen LogP contribution in [-0.4, -0.2) is 9.97 Å². The van der Waals surface area contributed by atoms with Gasteiger partial charge >= 0.3 is 0 Å². The second-order valence-electron chi connectivity index (χ2n) is 3.40. The first-order valence-electron chi connectivity index (χ1n) is 4.83. The number of aryl methyl sites for hydroxylation is 1. The van der Waals surface area contributed by atoms with Crippen LogP contribution in [0.5, 0.6) is 0 Å². The van der Waals surface area contributed by atoms with Crippen molar-refractivity contribution < 1.29 is 0 Å². The highest BCUT2D eigenvalue weighted by molar-refractivity contribution is 7.11. The summed E-state index contributed by atoms with van der Waals surface area (Å²) in [6.45, 7) is 2.79. The number of nitrogens with two attached hydrogens (primary N) is 2. The van der Waals surface area contributed by atoms with Crippen LogP contribution >= 0.6 is 11.3 Å². The van der Waals surface area contributed by atoms with Crippen LogP contribution < -0.4 is 16.8 Å². The summed E-state index contributed by atoms with van der Waals surface area (Å²) in [7, 11) is 0. The molecule has 0 saturated heterocycles. The quantitative estimate of drug-likeness (QED) is 0.752. The van der Waals surface area contributed by atoms with Crippen LogP contribution in [0.1, 0.15) is 9.75 Å². The molecule has 2 heterocycles.